The van der Waals surface area contributed by atoms with Crippen LogP contribution in [0.2, 0.25) is 18.1 Å². The lowest BCUT2D eigenvalue weighted by atomic mass is 10.2. The van der Waals surface area contributed by atoms with Gasteiger partial charge in [0.15, 0.2) is 0 Å². The first-order chi connectivity index (χ1) is 7.70. The molecule has 0 aliphatic rings. The van der Waals surface area contributed by atoms with E-state index in [1.54, 1.807) is 0 Å². The van der Waals surface area contributed by atoms with Crippen molar-refractivity contribution in [3.8, 4) is 0 Å². The van der Waals surface area contributed by atoms with Crippen molar-refractivity contribution in [1.82, 2.24) is 0 Å². The number of hydrogen-bond acceptors (Lipinski definition) is 4. The van der Waals surface area contributed by atoms with Gasteiger partial charge >= 0.3 is 5.97 Å². The van der Waals surface area contributed by atoms with Gasteiger partial charge in [-0.1, -0.05) is 27.4 Å². The smallest absolute Gasteiger partial charge is 0.318 e. The molecule has 4 nitrogen and oxygen atoms in total. The van der Waals surface area contributed by atoms with Gasteiger partial charge in [-0.15, -0.1) is 0 Å². The first-order valence-corrected chi connectivity index (χ1v) is 8.63. The summed E-state index contributed by atoms with van der Waals surface area (Å²) in [4.78, 5) is 11.6. The normalized spacial score (nSPS) is 12.1. The maximum atomic E-state index is 11.6. The van der Waals surface area contributed by atoms with Gasteiger partial charge < -0.3 is 13.9 Å². The molecule has 0 atom stereocenters. The maximum Gasteiger partial charge on any atom is 0.318 e. The molecule has 0 unspecified atom stereocenters. The average molecular weight is 260 g/mol. The van der Waals surface area contributed by atoms with Gasteiger partial charge in [0.25, 0.3) is 8.32 Å². The van der Waals surface area contributed by atoms with E-state index in [9.17, 15) is 4.79 Å². The molecule has 0 aromatic carbocycles. The van der Waals surface area contributed by atoms with Crippen molar-refractivity contribution in [1.29, 1.82) is 0 Å². The second kappa shape index (κ2) is 6.81. The van der Waals surface area contributed by atoms with Crippen LogP contribution in [-0.2, 0) is 18.7 Å². The number of ether oxygens (including phenoxy) is 2. The second-order valence-electron chi connectivity index (χ2n) is 5.32. The van der Waals surface area contributed by atoms with E-state index in [4.69, 9.17) is 13.9 Å². The summed E-state index contributed by atoms with van der Waals surface area (Å²) in [6, 6.07) is 0. The molecule has 0 N–H and O–H groups in total. The lowest BCUT2D eigenvalue weighted by Crippen LogP contribution is -2.43. The van der Waals surface area contributed by atoms with Crippen molar-refractivity contribution in [2.45, 2.75) is 38.9 Å². The van der Waals surface area contributed by atoms with Crippen LogP contribution in [0.3, 0.4) is 0 Å². The molecule has 0 saturated heterocycles. The molecule has 0 aromatic rings. The van der Waals surface area contributed by atoms with Crippen LogP contribution in [-0.4, -0.2) is 34.1 Å². The fraction of sp³-hybridized carbons (Fsp3) is 0.750. The van der Waals surface area contributed by atoms with Gasteiger partial charge in [0.05, 0.1) is 12.9 Å². The maximum absolute atomic E-state index is 11.6. The molecule has 0 rings (SSSR count). The fourth-order valence-corrected chi connectivity index (χ4v) is 1.75. The van der Waals surface area contributed by atoms with E-state index in [2.05, 4.69) is 27.4 Å². The highest BCUT2D eigenvalue weighted by Gasteiger charge is 2.40. The Morgan fingerprint density at radius 2 is 1.88 bits per heavy atom. The highest BCUT2D eigenvalue weighted by atomic mass is 28.4. The number of rotatable bonds is 7. The Kier molecular flexibility index (Phi) is 6.48. The molecule has 0 aliphatic heterocycles. The largest absolute Gasteiger partial charge is 0.517 e. The van der Waals surface area contributed by atoms with Crippen LogP contribution in [0.4, 0.5) is 0 Å². The molecular weight excluding hydrogens is 236 g/mol. The Morgan fingerprint density at radius 3 is 2.35 bits per heavy atom. The Morgan fingerprint density at radius 1 is 1.29 bits per heavy atom. The van der Waals surface area contributed by atoms with Crippen LogP contribution < -0.4 is 0 Å². The lowest BCUT2D eigenvalue weighted by molar-refractivity contribution is -0.140. The minimum Gasteiger partial charge on any atom is -0.517 e. The lowest BCUT2D eigenvalue weighted by Gasteiger charge is -2.35. The van der Waals surface area contributed by atoms with Crippen molar-refractivity contribution < 1.29 is 18.7 Å². The molecule has 17 heavy (non-hydrogen) atoms. The summed E-state index contributed by atoms with van der Waals surface area (Å²) in [5, 5.41) is 0.0224. The number of hydrogen-bond donors (Lipinski definition) is 0. The van der Waals surface area contributed by atoms with Crippen LogP contribution in [0.5, 0.6) is 0 Å². The topological polar surface area (TPSA) is 44.8 Å². The summed E-state index contributed by atoms with van der Waals surface area (Å²) < 4.78 is 15.5. The summed E-state index contributed by atoms with van der Waals surface area (Å²) >= 11 is 0. The Bertz CT molecular complexity index is 256. The summed E-state index contributed by atoms with van der Waals surface area (Å²) in [7, 11) is -2.02. The quantitative estimate of drug-likeness (QED) is 0.401. The SMILES string of the molecule is C=COCCOCC(=O)O[Si](C)(C)C(C)(C)C. The standard InChI is InChI=1S/C12H24O4Si/c1-7-14-8-9-15-10-11(13)16-17(5,6)12(2,3)4/h7H,1,8-10H2,2-6H3. The molecule has 0 spiro atoms. The van der Waals surface area contributed by atoms with Crippen molar-refractivity contribution >= 4 is 14.3 Å². The van der Waals surface area contributed by atoms with Crippen molar-refractivity contribution in [3.05, 3.63) is 12.8 Å². The molecule has 100 valence electrons. The third-order valence-electron chi connectivity index (χ3n) is 2.86. The summed E-state index contributed by atoms with van der Waals surface area (Å²) in [5.74, 6) is -0.296. The van der Waals surface area contributed by atoms with Gasteiger partial charge in [-0.05, 0) is 18.1 Å². The molecule has 0 fully saturated rings. The van der Waals surface area contributed by atoms with E-state index in [0.717, 1.165) is 0 Å². The van der Waals surface area contributed by atoms with Crippen LogP contribution in [0.1, 0.15) is 20.8 Å². The minimum atomic E-state index is -2.02. The predicted molar refractivity (Wildman–Crippen MR) is 70.3 cm³/mol. The van der Waals surface area contributed by atoms with E-state index in [0.29, 0.717) is 13.2 Å². The summed E-state index contributed by atoms with van der Waals surface area (Å²) in [5.41, 5.74) is 0. The third kappa shape index (κ3) is 6.48. The molecule has 0 aliphatic carbocycles. The fourth-order valence-electron chi connectivity index (χ4n) is 0.813. The highest BCUT2D eigenvalue weighted by Crippen LogP contribution is 2.36. The van der Waals surface area contributed by atoms with Gasteiger partial charge in [0.2, 0.25) is 0 Å². The monoisotopic (exact) mass is 260 g/mol. The van der Waals surface area contributed by atoms with Gasteiger partial charge in [-0.3, -0.25) is 4.79 Å². The van der Waals surface area contributed by atoms with E-state index >= 15 is 0 Å². The zero-order chi connectivity index (χ0) is 13.5. The Labute approximate surface area is 105 Å². The first kappa shape index (κ1) is 16.2. The average Bonchev–Trinajstić information content (AvgIpc) is 2.14. The van der Waals surface area contributed by atoms with Gasteiger partial charge in [0.1, 0.15) is 13.2 Å². The van der Waals surface area contributed by atoms with Crippen molar-refractivity contribution in [2.75, 3.05) is 19.8 Å². The molecule has 0 aromatic heterocycles. The van der Waals surface area contributed by atoms with Crippen molar-refractivity contribution in [2.24, 2.45) is 0 Å². The first-order valence-electron chi connectivity index (χ1n) is 5.73. The molecule has 0 heterocycles. The van der Waals surface area contributed by atoms with E-state index in [1.165, 1.54) is 6.26 Å². The summed E-state index contributed by atoms with van der Waals surface area (Å²) in [6.45, 7) is 14.5. The van der Waals surface area contributed by atoms with Crippen molar-refractivity contribution in [3.63, 3.8) is 0 Å². The Balaban J connectivity index is 3.90. The van der Waals surface area contributed by atoms with Crippen LogP contribution in [0, 0.1) is 0 Å². The third-order valence-corrected chi connectivity index (χ3v) is 7.21. The molecule has 0 radical (unpaired) electrons. The second-order valence-corrected chi connectivity index (χ2v) is 10.0. The van der Waals surface area contributed by atoms with Crippen LogP contribution >= 0.6 is 0 Å². The van der Waals surface area contributed by atoms with E-state index in [1.807, 2.05) is 13.1 Å². The highest BCUT2D eigenvalue weighted by molar-refractivity contribution is 6.75. The zero-order valence-electron chi connectivity index (χ0n) is 11.5. The zero-order valence-corrected chi connectivity index (χ0v) is 12.5. The van der Waals surface area contributed by atoms with Crippen LogP contribution in [0.25, 0.3) is 0 Å². The Hall–Kier alpha value is -0.813. The predicted octanol–water partition coefficient (Wildman–Crippen LogP) is 2.71. The number of carbonyl (C=O) groups is 1. The number of carbonyl (C=O) groups excluding carboxylic acids is 1. The molecular formula is C12H24O4Si. The van der Waals surface area contributed by atoms with Gasteiger partial charge in [-0.25, -0.2) is 0 Å². The molecule has 0 bridgehead atoms. The minimum absolute atomic E-state index is 0.0208. The molecule has 0 amide bonds. The molecule has 5 heteroatoms. The summed E-state index contributed by atoms with van der Waals surface area (Å²) in [6.07, 6.45) is 1.34. The van der Waals surface area contributed by atoms with Crippen LogP contribution in [0.15, 0.2) is 12.8 Å². The van der Waals surface area contributed by atoms with E-state index in [-0.39, 0.29) is 17.6 Å². The molecule has 0 saturated carbocycles. The van der Waals surface area contributed by atoms with Gasteiger partial charge in [-0.2, -0.15) is 0 Å². The van der Waals surface area contributed by atoms with E-state index < -0.39 is 8.32 Å². The van der Waals surface area contributed by atoms with Gasteiger partial charge in [0, 0.05) is 0 Å².